The molecule has 1 aliphatic heterocycles. The van der Waals surface area contributed by atoms with Gasteiger partial charge in [0.2, 0.25) is 0 Å². The smallest absolute Gasteiger partial charge is 0.261 e. The van der Waals surface area contributed by atoms with Gasteiger partial charge in [0.1, 0.15) is 0 Å². The highest BCUT2D eigenvalue weighted by molar-refractivity contribution is 9.11. The van der Waals surface area contributed by atoms with Crippen LogP contribution in [-0.2, 0) is 0 Å². The number of hydrogen-bond acceptors (Lipinski definition) is 3. The van der Waals surface area contributed by atoms with Crippen molar-refractivity contribution in [3.8, 4) is 0 Å². The quantitative estimate of drug-likeness (QED) is 0.877. The summed E-state index contributed by atoms with van der Waals surface area (Å²) in [5, 5.41) is 6.58. The summed E-state index contributed by atoms with van der Waals surface area (Å²) in [7, 11) is 0. The number of nitrogens with one attached hydrogen (secondary N) is 2. The van der Waals surface area contributed by atoms with Gasteiger partial charge in [-0.2, -0.15) is 0 Å². The molecule has 1 aromatic rings. The normalized spacial score (nSPS) is 31.9. The highest BCUT2D eigenvalue weighted by Crippen LogP contribution is 2.31. The van der Waals surface area contributed by atoms with Crippen LogP contribution in [0.3, 0.4) is 0 Å². The van der Waals surface area contributed by atoms with E-state index in [2.05, 4.69) is 26.6 Å². The zero-order valence-corrected chi connectivity index (χ0v) is 11.1. The van der Waals surface area contributed by atoms with Gasteiger partial charge in [0.15, 0.2) is 0 Å². The molecule has 1 aromatic heterocycles. The maximum Gasteiger partial charge on any atom is 0.261 e. The first-order chi connectivity index (χ1) is 7.72. The van der Waals surface area contributed by atoms with E-state index in [1.165, 1.54) is 17.8 Å². The predicted octanol–water partition coefficient (Wildman–Crippen LogP) is 1.99. The maximum absolute atomic E-state index is 11.9. The van der Waals surface area contributed by atoms with Crippen molar-refractivity contribution in [2.45, 2.75) is 24.9 Å². The molecule has 0 spiro atoms. The van der Waals surface area contributed by atoms with E-state index < -0.39 is 0 Å². The molecule has 0 aromatic carbocycles. The minimum atomic E-state index is 0.0649. The molecule has 1 aliphatic carbocycles. The molecule has 2 fully saturated rings. The van der Waals surface area contributed by atoms with Crippen LogP contribution in [0.4, 0.5) is 0 Å². The fraction of sp³-hybridized carbons (Fsp3) is 0.545. The highest BCUT2D eigenvalue weighted by atomic mass is 79.9. The monoisotopic (exact) mass is 300 g/mol. The second-order valence-corrected chi connectivity index (χ2v) is 7.00. The molecule has 3 atom stereocenters. The molecule has 0 radical (unpaired) electrons. The number of amides is 1. The molecular weight excluding hydrogens is 288 g/mol. The molecule has 2 aliphatic rings. The number of halogens is 1. The number of thiophene rings is 1. The lowest BCUT2D eigenvalue weighted by Gasteiger charge is -2.23. The third-order valence-electron chi connectivity index (χ3n) is 3.44. The van der Waals surface area contributed by atoms with Crippen LogP contribution in [0.5, 0.6) is 0 Å². The molecule has 86 valence electrons. The predicted molar refractivity (Wildman–Crippen MR) is 67.8 cm³/mol. The molecule has 1 amide bonds. The van der Waals surface area contributed by atoms with E-state index in [9.17, 15) is 4.79 Å². The number of piperidine rings is 1. The van der Waals surface area contributed by atoms with Crippen molar-refractivity contribution in [3.63, 3.8) is 0 Å². The molecule has 2 bridgehead atoms. The Hall–Kier alpha value is -0.390. The maximum atomic E-state index is 11.9. The minimum Gasteiger partial charge on any atom is -0.347 e. The molecule has 2 N–H and O–H groups in total. The minimum absolute atomic E-state index is 0.0649. The molecule has 3 rings (SSSR count). The average Bonchev–Trinajstić information content (AvgIpc) is 2.92. The molecule has 1 saturated heterocycles. The lowest BCUT2D eigenvalue weighted by atomic mass is 10.1. The Labute approximate surface area is 107 Å². The lowest BCUT2D eigenvalue weighted by molar-refractivity contribution is 0.0932. The van der Waals surface area contributed by atoms with Gasteiger partial charge in [-0.3, -0.25) is 4.79 Å². The van der Waals surface area contributed by atoms with Gasteiger partial charge in [0.05, 0.1) is 8.66 Å². The molecule has 2 heterocycles. The zero-order chi connectivity index (χ0) is 11.1. The van der Waals surface area contributed by atoms with Crippen LogP contribution in [0.2, 0.25) is 0 Å². The first-order valence-electron chi connectivity index (χ1n) is 5.52. The van der Waals surface area contributed by atoms with E-state index in [0.29, 0.717) is 12.1 Å². The summed E-state index contributed by atoms with van der Waals surface area (Å²) in [5.74, 6) is 0.834. The standard InChI is InChI=1S/C11H13BrN2OS/c12-10-2-1-9(16-10)11(15)14-8-4-6-3-7(8)13-5-6/h1-2,6-8,13H,3-5H2,(H,14,15). The number of carbonyl (C=O) groups is 1. The van der Waals surface area contributed by atoms with Crippen molar-refractivity contribution < 1.29 is 4.79 Å². The van der Waals surface area contributed by atoms with Crippen molar-refractivity contribution in [2.24, 2.45) is 5.92 Å². The molecule has 16 heavy (non-hydrogen) atoms. The molecular formula is C11H13BrN2OS. The van der Waals surface area contributed by atoms with Crippen molar-refractivity contribution in [1.29, 1.82) is 0 Å². The van der Waals surface area contributed by atoms with E-state index in [0.717, 1.165) is 27.5 Å². The summed E-state index contributed by atoms with van der Waals surface area (Å²) < 4.78 is 1.00. The number of carbonyl (C=O) groups excluding carboxylic acids is 1. The van der Waals surface area contributed by atoms with Crippen LogP contribution >= 0.6 is 27.3 Å². The zero-order valence-electron chi connectivity index (χ0n) is 8.70. The Morgan fingerprint density at radius 3 is 2.94 bits per heavy atom. The van der Waals surface area contributed by atoms with Gasteiger partial charge in [-0.25, -0.2) is 0 Å². The second kappa shape index (κ2) is 4.13. The summed E-state index contributed by atoms with van der Waals surface area (Å²) in [5.41, 5.74) is 0. The SMILES string of the molecule is O=C(NC1CC2CNC1C2)c1ccc(Br)s1. The Balaban J connectivity index is 1.65. The van der Waals surface area contributed by atoms with Crippen molar-refractivity contribution in [3.05, 3.63) is 20.8 Å². The third kappa shape index (κ3) is 1.92. The molecule has 5 heteroatoms. The summed E-state index contributed by atoms with van der Waals surface area (Å²) in [6.07, 6.45) is 2.36. The van der Waals surface area contributed by atoms with Crippen molar-refractivity contribution in [2.75, 3.05) is 6.54 Å². The Kier molecular flexibility index (Phi) is 2.77. The van der Waals surface area contributed by atoms with E-state index >= 15 is 0 Å². The van der Waals surface area contributed by atoms with Crippen LogP contribution in [0, 0.1) is 5.92 Å². The first-order valence-corrected chi connectivity index (χ1v) is 7.13. The van der Waals surface area contributed by atoms with E-state index in [1.54, 1.807) is 0 Å². The van der Waals surface area contributed by atoms with Gasteiger partial charge in [-0.05, 0) is 53.4 Å². The number of hydrogen-bond donors (Lipinski definition) is 2. The highest BCUT2D eigenvalue weighted by Gasteiger charge is 2.40. The molecule has 3 nitrogen and oxygen atoms in total. The molecule has 3 unspecified atom stereocenters. The van der Waals surface area contributed by atoms with Crippen molar-refractivity contribution >= 4 is 33.2 Å². The Morgan fingerprint density at radius 1 is 1.50 bits per heavy atom. The lowest BCUT2D eigenvalue weighted by Crippen LogP contribution is -2.47. The Bertz CT molecular complexity index is 420. The van der Waals surface area contributed by atoms with Gasteiger partial charge < -0.3 is 10.6 Å². The topological polar surface area (TPSA) is 41.1 Å². The van der Waals surface area contributed by atoms with Crippen LogP contribution in [0.1, 0.15) is 22.5 Å². The third-order valence-corrected chi connectivity index (χ3v) is 5.06. The number of rotatable bonds is 2. The van der Waals surface area contributed by atoms with Crippen LogP contribution < -0.4 is 10.6 Å². The van der Waals surface area contributed by atoms with Crippen molar-refractivity contribution in [1.82, 2.24) is 10.6 Å². The molecule has 1 saturated carbocycles. The van der Waals surface area contributed by atoms with E-state index in [4.69, 9.17) is 0 Å². The fourth-order valence-corrected chi connectivity index (χ4v) is 3.98. The van der Waals surface area contributed by atoms with Gasteiger partial charge in [0, 0.05) is 12.1 Å². The van der Waals surface area contributed by atoms with Crippen LogP contribution in [-0.4, -0.2) is 24.5 Å². The number of fused-ring (bicyclic) bond motifs is 2. The van der Waals surface area contributed by atoms with Gasteiger partial charge in [0.25, 0.3) is 5.91 Å². The Morgan fingerprint density at radius 2 is 2.38 bits per heavy atom. The first kappa shape index (κ1) is 10.7. The second-order valence-electron chi connectivity index (χ2n) is 4.54. The van der Waals surface area contributed by atoms with E-state index in [-0.39, 0.29) is 5.91 Å². The van der Waals surface area contributed by atoms with Crippen LogP contribution in [0.25, 0.3) is 0 Å². The summed E-state index contributed by atoms with van der Waals surface area (Å²) in [6, 6.07) is 4.60. The van der Waals surface area contributed by atoms with Crippen LogP contribution in [0.15, 0.2) is 15.9 Å². The fourth-order valence-electron chi connectivity index (χ4n) is 2.69. The van der Waals surface area contributed by atoms with Gasteiger partial charge >= 0.3 is 0 Å². The van der Waals surface area contributed by atoms with Gasteiger partial charge in [-0.1, -0.05) is 0 Å². The summed E-state index contributed by atoms with van der Waals surface area (Å²) >= 11 is 4.86. The average molecular weight is 301 g/mol. The largest absolute Gasteiger partial charge is 0.347 e. The summed E-state index contributed by atoms with van der Waals surface area (Å²) in [4.78, 5) is 12.7. The summed E-state index contributed by atoms with van der Waals surface area (Å²) in [6.45, 7) is 1.13. The van der Waals surface area contributed by atoms with E-state index in [1.807, 2.05) is 12.1 Å². The van der Waals surface area contributed by atoms with Gasteiger partial charge in [-0.15, -0.1) is 11.3 Å².